The van der Waals surface area contributed by atoms with Crippen LogP contribution >= 0.6 is 0 Å². The lowest BCUT2D eigenvalue weighted by Crippen LogP contribution is -2.50. The van der Waals surface area contributed by atoms with Crippen molar-refractivity contribution in [1.29, 1.82) is 0 Å². The largest absolute Gasteiger partial charge is 0.368 e. The maximum absolute atomic E-state index is 12.2. The predicted octanol–water partition coefficient (Wildman–Crippen LogP) is 1.58. The molecule has 1 aromatic carbocycles. The third-order valence-corrected chi connectivity index (χ3v) is 3.96. The Morgan fingerprint density at radius 3 is 2.81 bits per heavy atom. The fourth-order valence-corrected chi connectivity index (χ4v) is 2.75. The molecule has 0 saturated carbocycles. The first-order valence-electron chi connectivity index (χ1n) is 7.38. The van der Waals surface area contributed by atoms with Gasteiger partial charge in [0.1, 0.15) is 0 Å². The summed E-state index contributed by atoms with van der Waals surface area (Å²) < 4.78 is 0. The zero-order chi connectivity index (χ0) is 15.4. The molecule has 1 saturated heterocycles. The van der Waals surface area contributed by atoms with Gasteiger partial charge in [-0.05, 0) is 50.4 Å². The molecule has 0 aromatic heterocycles. The zero-order valence-electron chi connectivity index (χ0n) is 12.7. The molecule has 1 aromatic rings. The number of amides is 2. The lowest BCUT2D eigenvalue weighted by Gasteiger charge is -2.32. The van der Waals surface area contributed by atoms with E-state index >= 15 is 0 Å². The molecule has 1 aliphatic heterocycles. The van der Waals surface area contributed by atoms with Crippen molar-refractivity contribution < 1.29 is 9.59 Å². The number of nitrogens with zero attached hydrogens (tertiary/aromatic N) is 1. The van der Waals surface area contributed by atoms with Crippen LogP contribution in [0.25, 0.3) is 0 Å². The van der Waals surface area contributed by atoms with E-state index in [4.69, 9.17) is 5.73 Å². The van der Waals surface area contributed by atoms with Crippen molar-refractivity contribution in [3.05, 3.63) is 29.3 Å². The van der Waals surface area contributed by atoms with E-state index in [9.17, 15) is 9.59 Å². The Balaban J connectivity index is 2.00. The zero-order valence-corrected chi connectivity index (χ0v) is 12.7. The van der Waals surface area contributed by atoms with Gasteiger partial charge in [0.25, 0.3) is 0 Å². The minimum absolute atomic E-state index is 0.100. The van der Waals surface area contributed by atoms with Gasteiger partial charge < -0.3 is 11.1 Å². The fraction of sp³-hybridized carbons (Fsp3) is 0.500. The number of aryl methyl sites for hydroxylation is 2. The van der Waals surface area contributed by atoms with Crippen molar-refractivity contribution in [3.8, 4) is 0 Å². The summed E-state index contributed by atoms with van der Waals surface area (Å²) >= 11 is 0. The third-order valence-electron chi connectivity index (χ3n) is 3.96. The molecule has 0 aliphatic carbocycles. The van der Waals surface area contributed by atoms with Gasteiger partial charge in [-0.3, -0.25) is 14.5 Å². The normalized spacial score (nSPS) is 19.2. The Hall–Kier alpha value is -1.88. The molecular formula is C16H23N3O2. The average molecular weight is 289 g/mol. The second kappa shape index (κ2) is 6.72. The summed E-state index contributed by atoms with van der Waals surface area (Å²) in [6.45, 7) is 4.90. The van der Waals surface area contributed by atoms with Crippen molar-refractivity contribution in [2.75, 3.05) is 18.4 Å². The van der Waals surface area contributed by atoms with Crippen molar-refractivity contribution in [2.45, 2.75) is 39.2 Å². The van der Waals surface area contributed by atoms with Crippen molar-refractivity contribution >= 4 is 17.5 Å². The van der Waals surface area contributed by atoms with E-state index in [2.05, 4.69) is 5.32 Å². The van der Waals surface area contributed by atoms with E-state index in [0.717, 1.165) is 42.6 Å². The number of hydrogen-bond donors (Lipinski definition) is 2. The summed E-state index contributed by atoms with van der Waals surface area (Å²) in [5, 5.41) is 2.93. The molecule has 5 nitrogen and oxygen atoms in total. The quantitative estimate of drug-likeness (QED) is 0.883. The molecule has 1 fully saturated rings. The monoisotopic (exact) mass is 289 g/mol. The molecule has 3 N–H and O–H groups in total. The topological polar surface area (TPSA) is 75.4 Å². The number of primary amides is 1. The molecule has 0 radical (unpaired) electrons. The van der Waals surface area contributed by atoms with Crippen molar-refractivity contribution in [3.63, 3.8) is 0 Å². The van der Waals surface area contributed by atoms with E-state index in [1.54, 1.807) is 0 Å². The third kappa shape index (κ3) is 4.04. The highest BCUT2D eigenvalue weighted by molar-refractivity contribution is 5.93. The molecular weight excluding hydrogens is 266 g/mol. The molecule has 0 spiro atoms. The lowest BCUT2D eigenvalue weighted by molar-refractivity contribution is -0.126. The van der Waals surface area contributed by atoms with Crippen LogP contribution in [0.2, 0.25) is 0 Å². The van der Waals surface area contributed by atoms with Crippen LogP contribution < -0.4 is 11.1 Å². The standard InChI is InChI=1S/C16H23N3O2/c1-11-6-7-12(2)13(9-11)18-15(20)10-19-8-4-3-5-14(19)16(17)21/h6-7,9,14H,3-5,8,10H2,1-2H3,(H2,17,21)(H,18,20)/t14-/m0/s1. The van der Waals surface area contributed by atoms with Crippen molar-refractivity contribution in [2.24, 2.45) is 5.73 Å². The highest BCUT2D eigenvalue weighted by Crippen LogP contribution is 2.18. The molecule has 0 unspecified atom stereocenters. The minimum Gasteiger partial charge on any atom is -0.368 e. The van der Waals surface area contributed by atoms with Gasteiger partial charge in [0.15, 0.2) is 0 Å². The Morgan fingerprint density at radius 2 is 2.10 bits per heavy atom. The summed E-state index contributed by atoms with van der Waals surface area (Å²) in [4.78, 5) is 25.5. The van der Waals surface area contributed by atoms with Crippen LogP contribution in [0.15, 0.2) is 18.2 Å². The fourth-order valence-electron chi connectivity index (χ4n) is 2.75. The van der Waals surface area contributed by atoms with Gasteiger partial charge in [-0.1, -0.05) is 18.6 Å². The Labute approximate surface area is 125 Å². The summed E-state index contributed by atoms with van der Waals surface area (Å²) in [5.41, 5.74) is 8.37. The molecule has 21 heavy (non-hydrogen) atoms. The molecule has 1 atom stereocenters. The van der Waals surface area contributed by atoms with Crippen LogP contribution in [-0.4, -0.2) is 35.8 Å². The number of hydrogen-bond acceptors (Lipinski definition) is 3. The molecule has 5 heteroatoms. The van der Waals surface area contributed by atoms with Crippen LogP contribution in [0.5, 0.6) is 0 Å². The van der Waals surface area contributed by atoms with Gasteiger partial charge in [0, 0.05) is 5.69 Å². The molecule has 2 amide bonds. The van der Waals surface area contributed by atoms with Gasteiger partial charge in [0.2, 0.25) is 11.8 Å². The first-order chi connectivity index (χ1) is 9.97. The number of likely N-dealkylation sites (tertiary alicyclic amines) is 1. The number of nitrogens with one attached hydrogen (secondary N) is 1. The van der Waals surface area contributed by atoms with E-state index in [0.29, 0.717) is 0 Å². The molecule has 2 rings (SSSR count). The summed E-state index contributed by atoms with van der Waals surface area (Å²) in [5.74, 6) is -0.439. The maximum atomic E-state index is 12.2. The van der Waals surface area contributed by atoms with Crippen LogP contribution in [0.1, 0.15) is 30.4 Å². The number of nitrogens with two attached hydrogens (primary N) is 1. The van der Waals surface area contributed by atoms with Crippen LogP contribution in [0.3, 0.4) is 0 Å². The number of carbonyl (C=O) groups is 2. The number of anilines is 1. The van der Waals surface area contributed by atoms with E-state index in [1.165, 1.54) is 0 Å². The number of rotatable bonds is 4. The average Bonchev–Trinajstić information content (AvgIpc) is 2.43. The molecule has 0 bridgehead atoms. The van der Waals surface area contributed by atoms with Crippen LogP contribution in [-0.2, 0) is 9.59 Å². The molecule has 114 valence electrons. The van der Waals surface area contributed by atoms with E-state index < -0.39 is 0 Å². The summed E-state index contributed by atoms with van der Waals surface area (Å²) in [6.07, 6.45) is 2.73. The number of piperidine rings is 1. The maximum Gasteiger partial charge on any atom is 0.238 e. The molecule has 1 heterocycles. The molecule has 1 aliphatic rings. The highest BCUT2D eigenvalue weighted by atomic mass is 16.2. The SMILES string of the molecule is Cc1ccc(C)c(NC(=O)CN2CCCC[C@H]2C(N)=O)c1. The predicted molar refractivity (Wildman–Crippen MR) is 83.0 cm³/mol. The number of carbonyl (C=O) groups excluding carboxylic acids is 2. The van der Waals surface area contributed by atoms with Crippen molar-refractivity contribution in [1.82, 2.24) is 4.90 Å². The first kappa shape index (κ1) is 15.5. The van der Waals surface area contributed by atoms with Crippen LogP contribution in [0.4, 0.5) is 5.69 Å². The Kier molecular flexibility index (Phi) is 4.96. The van der Waals surface area contributed by atoms with E-state index in [-0.39, 0.29) is 24.4 Å². The first-order valence-corrected chi connectivity index (χ1v) is 7.38. The second-order valence-corrected chi connectivity index (χ2v) is 5.75. The summed E-state index contributed by atoms with van der Waals surface area (Å²) in [7, 11) is 0. The van der Waals surface area contributed by atoms with Gasteiger partial charge >= 0.3 is 0 Å². The second-order valence-electron chi connectivity index (χ2n) is 5.75. The van der Waals surface area contributed by atoms with Crippen LogP contribution in [0, 0.1) is 13.8 Å². The van der Waals surface area contributed by atoms with Gasteiger partial charge in [-0.15, -0.1) is 0 Å². The highest BCUT2D eigenvalue weighted by Gasteiger charge is 2.28. The van der Waals surface area contributed by atoms with Gasteiger partial charge in [0.05, 0.1) is 12.6 Å². The van der Waals surface area contributed by atoms with E-state index in [1.807, 2.05) is 36.9 Å². The number of benzene rings is 1. The summed E-state index contributed by atoms with van der Waals surface area (Å²) in [6, 6.07) is 5.63. The smallest absolute Gasteiger partial charge is 0.238 e. The Bertz CT molecular complexity index is 542. The van der Waals surface area contributed by atoms with Gasteiger partial charge in [-0.25, -0.2) is 0 Å². The minimum atomic E-state index is -0.339. The Morgan fingerprint density at radius 1 is 1.33 bits per heavy atom. The van der Waals surface area contributed by atoms with Gasteiger partial charge in [-0.2, -0.15) is 0 Å². The lowest BCUT2D eigenvalue weighted by atomic mass is 10.0.